The van der Waals surface area contributed by atoms with Gasteiger partial charge in [0.05, 0.1) is 53.6 Å². The number of hydrogen-bond donors (Lipinski definition) is 4. The molecule has 10 rings (SSSR count). The number of nitro benzene ring substituents is 1. The van der Waals surface area contributed by atoms with Crippen LogP contribution in [0.3, 0.4) is 0 Å². The summed E-state index contributed by atoms with van der Waals surface area (Å²) in [6.07, 6.45) is 11.8. The summed E-state index contributed by atoms with van der Waals surface area (Å²) < 4.78 is 47.4. The maximum atomic E-state index is 14.5. The van der Waals surface area contributed by atoms with Crippen molar-refractivity contribution in [1.29, 1.82) is 0 Å². The van der Waals surface area contributed by atoms with Crippen molar-refractivity contribution in [2.45, 2.75) is 102 Å². The van der Waals surface area contributed by atoms with Crippen LogP contribution >= 0.6 is 0 Å². The minimum Gasteiger partial charge on any atom is -0.476 e. The monoisotopic (exact) mass is 965 g/mol. The normalized spacial score (nSPS) is 25.3. The van der Waals surface area contributed by atoms with E-state index in [1.807, 2.05) is 29.2 Å². The predicted octanol–water partition coefficient (Wildman–Crippen LogP) is 7.65. The van der Waals surface area contributed by atoms with Crippen molar-refractivity contribution in [1.82, 2.24) is 19.6 Å². The van der Waals surface area contributed by atoms with Crippen LogP contribution in [-0.2, 0) is 19.5 Å². The first-order chi connectivity index (χ1) is 32.9. The number of aromatic amines is 1. The molecule has 2 aromatic heterocycles. The number of nitrogens with one attached hydrogen (secondary N) is 3. The SMILES string of the molecule is CC1(C)CCC(CN2CCN(c3ccc(C(=O)NS(=O)(=O)c4ccc(NC[C@H]5COCCO5)c([N+](=O)[O-])c4)c(N4CCCOc5nc6[nH]ccc6cc54)c3)CC2)=C(C23CCC(C(C)(C)N)(CC2)C3)C1. The van der Waals surface area contributed by atoms with Crippen molar-refractivity contribution in [3.05, 3.63) is 81.6 Å². The van der Waals surface area contributed by atoms with E-state index >= 15 is 0 Å². The lowest BCUT2D eigenvalue weighted by atomic mass is 9.64. The maximum absolute atomic E-state index is 14.5. The zero-order valence-electron chi connectivity index (χ0n) is 40.4. The summed E-state index contributed by atoms with van der Waals surface area (Å²) >= 11 is 0. The van der Waals surface area contributed by atoms with Crippen LogP contribution in [0.2, 0.25) is 0 Å². The summed E-state index contributed by atoms with van der Waals surface area (Å²) in [5, 5.41) is 16.1. The summed E-state index contributed by atoms with van der Waals surface area (Å²) in [4.78, 5) is 40.5. The highest BCUT2D eigenvalue weighted by atomic mass is 32.2. The molecule has 6 aliphatic rings. The number of H-pyrrole nitrogens is 1. The van der Waals surface area contributed by atoms with E-state index in [-0.39, 0.29) is 45.7 Å². The quantitative estimate of drug-likeness (QED) is 0.0576. The zero-order chi connectivity index (χ0) is 48.3. The lowest BCUT2D eigenvalue weighted by Crippen LogP contribution is -2.48. The molecule has 2 bridgehead atoms. The number of nitrogens with zero attached hydrogens (tertiary/aromatic N) is 5. The number of carbonyl (C=O) groups is 1. The zero-order valence-corrected chi connectivity index (χ0v) is 41.2. The van der Waals surface area contributed by atoms with E-state index in [9.17, 15) is 23.3 Å². The van der Waals surface area contributed by atoms with Gasteiger partial charge in [0.15, 0.2) is 0 Å². The molecule has 2 aromatic carbocycles. The molecule has 3 aliphatic heterocycles. The summed E-state index contributed by atoms with van der Waals surface area (Å²) in [6.45, 7) is 16.0. The van der Waals surface area contributed by atoms with Crippen LogP contribution in [0, 0.1) is 26.4 Å². The molecule has 5 heterocycles. The highest BCUT2D eigenvalue weighted by Gasteiger charge is 2.61. The minimum atomic E-state index is -4.59. The van der Waals surface area contributed by atoms with E-state index in [1.54, 1.807) is 23.4 Å². The molecule has 18 heteroatoms. The van der Waals surface area contributed by atoms with Crippen LogP contribution in [0.4, 0.5) is 28.4 Å². The van der Waals surface area contributed by atoms with Gasteiger partial charge < -0.3 is 40.0 Å². The molecule has 2 saturated carbocycles. The number of benzene rings is 2. The second kappa shape index (κ2) is 18.2. The molecule has 5 N–H and O–H groups in total. The van der Waals surface area contributed by atoms with Crippen molar-refractivity contribution < 1.29 is 32.3 Å². The van der Waals surface area contributed by atoms with E-state index in [1.165, 1.54) is 57.1 Å². The minimum absolute atomic E-state index is 0.116. The number of fused-ring (bicyclic) bond motifs is 4. The fourth-order valence-corrected chi connectivity index (χ4v) is 13.2. The number of rotatable bonds is 13. The van der Waals surface area contributed by atoms with E-state index in [0.717, 1.165) is 56.3 Å². The number of ether oxygens (including phenoxy) is 3. The van der Waals surface area contributed by atoms with E-state index in [0.29, 0.717) is 62.3 Å². The van der Waals surface area contributed by atoms with Gasteiger partial charge in [0.1, 0.15) is 17.0 Å². The highest BCUT2D eigenvalue weighted by Crippen LogP contribution is 2.69. The molecule has 4 aromatic rings. The van der Waals surface area contributed by atoms with Gasteiger partial charge in [0.25, 0.3) is 21.6 Å². The number of carbonyl (C=O) groups excluding carboxylic acids is 1. The number of nitrogens with two attached hydrogens (primary N) is 1. The van der Waals surface area contributed by atoms with Crippen molar-refractivity contribution in [3.8, 4) is 5.88 Å². The molecular weight excluding hydrogens is 899 g/mol. The van der Waals surface area contributed by atoms with Crippen LogP contribution in [0.1, 0.15) is 95.8 Å². The van der Waals surface area contributed by atoms with Crippen LogP contribution in [0.5, 0.6) is 5.88 Å². The predicted molar refractivity (Wildman–Crippen MR) is 266 cm³/mol. The van der Waals surface area contributed by atoms with Gasteiger partial charge in [-0.25, -0.2) is 13.1 Å². The maximum Gasteiger partial charge on any atom is 0.293 e. The second-order valence-electron chi connectivity index (χ2n) is 21.7. The van der Waals surface area contributed by atoms with Crippen molar-refractivity contribution in [2.24, 2.45) is 22.0 Å². The molecule has 2 saturated heterocycles. The summed E-state index contributed by atoms with van der Waals surface area (Å²) in [6, 6.07) is 12.9. The smallest absolute Gasteiger partial charge is 0.293 e. The molecule has 0 radical (unpaired) electrons. The Balaban J connectivity index is 0.913. The molecule has 4 fully saturated rings. The first kappa shape index (κ1) is 47.4. The number of nitro groups is 1. The second-order valence-corrected chi connectivity index (χ2v) is 23.4. The molecule has 1 amide bonds. The summed E-state index contributed by atoms with van der Waals surface area (Å²) in [7, 11) is -4.59. The Morgan fingerprint density at radius 2 is 1.78 bits per heavy atom. The Bertz CT molecular complexity index is 2760. The number of aromatic nitrogens is 2. The molecule has 17 nitrogen and oxygen atoms in total. The topological polar surface area (TPSA) is 211 Å². The number of piperazine rings is 1. The first-order valence-corrected chi connectivity index (χ1v) is 26.2. The van der Waals surface area contributed by atoms with Crippen molar-refractivity contribution in [3.63, 3.8) is 0 Å². The van der Waals surface area contributed by atoms with Gasteiger partial charge >= 0.3 is 0 Å². The standard InChI is InChI=1S/C51H67N9O8S/c1-48(2)12-10-35(40(29-48)50-13-15-51(33-50,16-14-50)49(3,4)52)31-57-19-21-58(22-20-57)36-6-8-39(42(27-36)59-18-5-23-68-47-44(59)26-34-11-17-53-45(34)55-47)46(61)56-69(64,65)38-7-9-41(43(28-38)60(62)63)54-30-37-32-66-24-25-67-37/h6-9,11,17,26-28,37,54H,5,10,12-16,18-25,29-33,52H2,1-4H3,(H,53,55)(H,56,61)/t37-,50?,51?/m0/s1. The van der Waals surface area contributed by atoms with Gasteiger partial charge in [-0.1, -0.05) is 25.0 Å². The molecule has 0 unspecified atom stereocenters. The van der Waals surface area contributed by atoms with Crippen LogP contribution in [0.25, 0.3) is 11.0 Å². The fraction of sp³-hybridized carbons (Fsp3) is 0.569. The Morgan fingerprint density at radius 1 is 0.986 bits per heavy atom. The lowest BCUT2D eigenvalue weighted by Gasteiger charge is -2.43. The molecule has 370 valence electrons. The van der Waals surface area contributed by atoms with Gasteiger partial charge in [-0.2, -0.15) is 4.98 Å². The van der Waals surface area contributed by atoms with Gasteiger partial charge in [0.2, 0.25) is 5.88 Å². The largest absolute Gasteiger partial charge is 0.476 e. The third kappa shape index (κ3) is 9.30. The lowest BCUT2D eigenvalue weighted by molar-refractivity contribution is -0.384. The Labute approximate surface area is 404 Å². The molecule has 0 spiro atoms. The average molecular weight is 966 g/mol. The van der Waals surface area contributed by atoms with Gasteiger partial charge in [-0.05, 0) is 130 Å². The van der Waals surface area contributed by atoms with Crippen molar-refractivity contribution >= 4 is 55.4 Å². The van der Waals surface area contributed by atoms with E-state index < -0.39 is 31.4 Å². The number of anilines is 4. The van der Waals surface area contributed by atoms with Crippen LogP contribution in [-0.4, -0.2) is 118 Å². The number of pyridine rings is 1. The average Bonchev–Trinajstić information content (AvgIpc) is 4.03. The summed E-state index contributed by atoms with van der Waals surface area (Å²) in [5.74, 6) is -0.477. The van der Waals surface area contributed by atoms with Crippen LogP contribution < -0.4 is 30.3 Å². The Hall–Kier alpha value is -5.27. The van der Waals surface area contributed by atoms with Crippen LogP contribution in [0.15, 0.2) is 70.8 Å². The van der Waals surface area contributed by atoms with E-state index in [4.69, 9.17) is 24.9 Å². The molecule has 1 atom stereocenters. The number of sulfonamides is 1. The third-order valence-electron chi connectivity index (χ3n) is 16.3. The van der Waals surface area contributed by atoms with Gasteiger partial charge in [0, 0.05) is 74.7 Å². The fourth-order valence-electron chi connectivity index (χ4n) is 12.2. The number of amides is 1. The third-order valence-corrected chi connectivity index (χ3v) is 17.7. The highest BCUT2D eigenvalue weighted by molar-refractivity contribution is 7.90. The Kier molecular flexibility index (Phi) is 12.5. The Morgan fingerprint density at radius 3 is 2.51 bits per heavy atom. The molecule has 69 heavy (non-hydrogen) atoms. The van der Waals surface area contributed by atoms with Gasteiger partial charge in [-0.3, -0.25) is 19.8 Å². The van der Waals surface area contributed by atoms with Gasteiger partial charge in [-0.15, -0.1) is 0 Å². The summed E-state index contributed by atoms with van der Waals surface area (Å²) in [5.41, 5.74) is 13.4. The van der Waals surface area contributed by atoms with Crippen molar-refractivity contribution in [2.75, 3.05) is 87.4 Å². The molecular formula is C51H67N9O8S. The first-order valence-electron chi connectivity index (χ1n) is 24.7. The molecule has 3 aliphatic carbocycles. The van der Waals surface area contributed by atoms with E-state index in [2.05, 4.69) is 52.5 Å². The number of allylic oxidation sites excluding steroid dienone is 1. The number of hydrogen-bond acceptors (Lipinski definition) is 14.